The zero-order valence-electron chi connectivity index (χ0n) is 7.68. The molecule has 0 spiro atoms. The number of hydrogen-bond acceptors (Lipinski definition) is 2. The number of nitrogens with zero attached hydrogens (tertiary/aromatic N) is 1. The van der Waals surface area contributed by atoms with Crippen molar-refractivity contribution in [3.05, 3.63) is 0 Å². The van der Waals surface area contributed by atoms with Gasteiger partial charge in [-0.2, -0.15) is 0 Å². The van der Waals surface area contributed by atoms with Gasteiger partial charge in [0.1, 0.15) is 0 Å². The van der Waals surface area contributed by atoms with E-state index >= 15 is 0 Å². The lowest BCUT2D eigenvalue weighted by atomic mass is 10.3. The molecule has 0 N–H and O–H groups in total. The molecule has 1 rings (SSSR count). The maximum atomic E-state index is 2.56. The van der Waals surface area contributed by atoms with Crippen LogP contribution in [0, 0.1) is 5.92 Å². The molecule has 0 aliphatic carbocycles. The summed E-state index contributed by atoms with van der Waals surface area (Å²) in [6.07, 6.45) is 2.84. The van der Waals surface area contributed by atoms with Crippen LogP contribution in [0.15, 0.2) is 0 Å². The molecule has 0 amide bonds. The first-order valence-corrected chi connectivity index (χ1v) is 5.74. The minimum absolute atomic E-state index is 0.850. The second kappa shape index (κ2) is 5.04. The first-order valence-electron chi connectivity index (χ1n) is 4.59. The second-order valence-electron chi connectivity index (χ2n) is 3.72. The third-order valence-electron chi connectivity index (χ3n) is 1.92. The summed E-state index contributed by atoms with van der Waals surface area (Å²) < 4.78 is 0. The Morgan fingerprint density at radius 1 is 1.27 bits per heavy atom. The summed E-state index contributed by atoms with van der Waals surface area (Å²) in [5, 5.41) is 0. The van der Waals surface area contributed by atoms with Gasteiger partial charge in [-0.3, -0.25) is 4.90 Å². The van der Waals surface area contributed by atoms with E-state index in [1.54, 1.807) is 0 Å². The third-order valence-corrected chi connectivity index (χ3v) is 3.37. The molecule has 66 valence electrons. The minimum atomic E-state index is 0.850. The molecule has 0 saturated carbocycles. The van der Waals surface area contributed by atoms with Crippen LogP contribution in [0.4, 0.5) is 0 Å². The van der Waals surface area contributed by atoms with Crippen molar-refractivity contribution < 1.29 is 0 Å². The van der Waals surface area contributed by atoms with Gasteiger partial charge in [0.25, 0.3) is 0 Å². The standard InChI is InChI=1S/C9H19NS/c1-9(2)7-11-8-10-5-3-4-6-10/h9H,3-8H2,1-2H3. The zero-order valence-corrected chi connectivity index (χ0v) is 8.49. The van der Waals surface area contributed by atoms with E-state index in [0.717, 1.165) is 5.92 Å². The van der Waals surface area contributed by atoms with Crippen molar-refractivity contribution in [2.24, 2.45) is 5.92 Å². The van der Waals surface area contributed by atoms with Crippen molar-refractivity contribution in [2.45, 2.75) is 26.7 Å². The quantitative estimate of drug-likeness (QED) is 0.642. The highest BCUT2D eigenvalue weighted by Gasteiger charge is 2.10. The average molecular weight is 173 g/mol. The highest BCUT2D eigenvalue weighted by Crippen LogP contribution is 2.14. The Hall–Kier alpha value is 0.310. The molecular weight excluding hydrogens is 154 g/mol. The molecule has 11 heavy (non-hydrogen) atoms. The number of hydrogen-bond donors (Lipinski definition) is 0. The van der Waals surface area contributed by atoms with E-state index in [1.165, 1.54) is 37.6 Å². The summed E-state index contributed by atoms with van der Waals surface area (Å²) in [5.74, 6) is 3.43. The highest BCUT2D eigenvalue weighted by atomic mass is 32.2. The highest BCUT2D eigenvalue weighted by molar-refractivity contribution is 7.99. The van der Waals surface area contributed by atoms with Crippen LogP contribution in [0.3, 0.4) is 0 Å². The van der Waals surface area contributed by atoms with Gasteiger partial charge in [-0.15, -0.1) is 11.8 Å². The van der Waals surface area contributed by atoms with Crippen molar-refractivity contribution in [2.75, 3.05) is 24.7 Å². The fourth-order valence-electron chi connectivity index (χ4n) is 1.33. The van der Waals surface area contributed by atoms with Gasteiger partial charge in [0.2, 0.25) is 0 Å². The lowest BCUT2D eigenvalue weighted by Gasteiger charge is -2.14. The molecule has 1 aliphatic rings. The van der Waals surface area contributed by atoms with Gasteiger partial charge in [-0.1, -0.05) is 13.8 Å². The van der Waals surface area contributed by atoms with Gasteiger partial charge in [0.05, 0.1) is 0 Å². The van der Waals surface area contributed by atoms with Gasteiger partial charge >= 0.3 is 0 Å². The third kappa shape index (κ3) is 4.02. The average Bonchev–Trinajstić information content (AvgIpc) is 2.39. The van der Waals surface area contributed by atoms with Crippen molar-refractivity contribution >= 4 is 11.8 Å². The Morgan fingerprint density at radius 3 is 2.45 bits per heavy atom. The summed E-state index contributed by atoms with van der Waals surface area (Å²) in [4.78, 5) is 2.56. The van der Waals surface area contributed by atoms with Crippen LogP contribution in [0.25, 0.3) is 0 Å². The molecule has 0 atom stereocenters. The summed E-state index contributed by atoms with van der Waals surface area (Å²) in [5.41, 5.74) is 0. The molecule has 1 aliphatic heterocycles. The van der Waals surface area contributed by atoms with Crippen molar-refractivity contribution in [3.63, 3.8) is 0 Å². The van der Waals surface area contributed by atoms with Crippen LogP contribution in [0.5, 0.6) is 0 Å². The normalized spacial score (nSPS) is 19.9. The van der Waals surface area contributed by atoms with Crippen LogP contribution in [0.1, 0.15) is 26.7 Å². The first-order chi connectivity index (χ1) is 5.29. The van der Waals surface area contributed by atoms with E-state index in [9.17, 15) is 0 Å². The van der Waals surface area contributed by atoms with E-state index in [4.69, 9.17) is 0 Å². The summed E-state index contributed by atoms with van der Waals surface area (Å²) in [6.45, 7) is 7.25. The largest absolute Gasteiger partial charge is 0.294 e. The molecule has 1 fully saturated rings. The predicted molar refractivity (Wildman–Crippen MR) is 53.0 cm³/mol. The van der Waals surface area contributed by atoms with E-state index in [1.807, 2.05) is 0 Å². The van der Waals surface area contributed by atoms with Gasteiger partial charge < -0.3 is 0 Å². The minimum Gasteiger partial charge on any atom is -0.294 e. The molecule has 0 radical (unpaired) electrons. The van der Waals surface area contributed by atoms with E-state index in [0.29, 0.717) is 0 Å². The van der Waals surface area contributed by atoms with Crippen molar-refractivity contribution in [1.82, 2.24) is 4.90 Å². The van der Waals surface area contributed by atoms with E-state index in [-0.39, 0.29) is 0 Å². The summed E-state index contributed by atoms with van der Waals surface area (Å²) >= 11 is 2.08. The molecule has 2 heteroatoms. The Bertz CT molecular complexity index is 97.7. The molecule has 0 aromatic rings. The van der Waals surface area contributed by atoms with Crippen molar-refractivity contribution in [3.8, 4) is 0 Å². The van der Waals surface area contributed by atoms with E-state index < -0.39 is 0 Å². The lowest BCUT2D eigenvalue weighted by molar-refractivity contribution is 0.400. The number of rotatable bonds is 4. The fraction of sp³-hybridized carbons (Fsp3) is 1.00. The maximum absolute atomic E-state index is 2.56. The van der Waals surface area contributed by atoms with Crippen molar-refractivity contribution in [1.29, 1.82) is 0 Å². The molecule has 1 saturated heterocycles. The lowest BCUT2D eigenvalue weighted by Crippen LogP contribution is -2.18. The SMILES string of the molecule is CC(C)CSCN1CCCC1. The molecule has 0 aromatic heterocycles. The molecule has 0 unspecified atom stereocenters. The number of likely N-dealkylation sites (tertiary alicyclic amines) is 1. The molecule has 1 heterocycles. The van der Waals surface area contributed by atoms with Crippen LogP contribution >= 0.6 is 11.8 Å². The van der Waals surface area contributed by atoms with Crippen LogP contribution < -0.4 is 0 Å². The summed E-state index contributed by atoms with van der Waals surface area (Å²) in [6, 6.07) is 0. The zero-order chi connectivity index (χ0) is 8.10. The molecular formula is C9H19NS. The van der Waals surface area contributed by atoms with Gasteiger partial charge in [-0.25, -0.2) is 0 Å². The van der Waals surface area contributed by atoms with Gasteiger partial charge in [0.15, 0.2) is 0 Å². The Kier molecular flexibility index (Phi) is 4.31. The number of thioether (sulfide) groups is 1. The first kappa shape index (κ1) is 9.40. The monoisotopic (exact) mass is 173 g/mol. The maximum Gasteiger partial charge on any atom is 0.0444 e. The molecule has 0 aromatic carbocycles. The topological polar surface area (TPSA) is 3.24 Å². The Morgan fingerprint density at radius 2 is 1.91 bits per heavy atom. The van der Waals surface area contributed by atoms with Gasteiger partial charge in [-0.05, 0) is 37.6 Å². The second-order valence-corrected chi connectivity index (χ2v) is 4.72. The predicted octanol–water partition coefficient (Wildman–Crippen LogP) is 2.43. The Labute approximate surface area is 74.5 Å². The smallest absolute Gasteiger partial charge is 0.0444 e. The fourth-order valence-corrected chi connectivity index (χ4v) is 2.42. The molecule has 1 nitrogen and oxygen atoms in total. The summed E-state index contributed by atoms with van der Waals surface area (Å²) in [7, 11) is 0. The van der Waals surface area contributed by atoms with Crippen LogP contribution in [-0.4, -0.2) is 29.6 Å². The molecule has 0 bridgehead atoms. The van der Waals surface area contributed by atoms with Gasteiger partial charge in [0, 0.05) is 5.88 Å². The van der Waals surface area contributed by atoms with Crippen LogP contribution in [-0.2, 0) is 0 Å². The van der Waals surface area contributed by atoms with Crippen LogP contribution in [0.2, 0.25) is 0 Å². The Balaban J connectivity index is 1.94. The van der Waals surface area contributed by atoms with E-state index in [2.05, 4.69) is 30.5 Å².